The number of carbonyl (C=O) groups is 1. The second-order valence-electron chi connectivity index (χ2n) is 3.27. The van der Waals surface area contributed by atoms with Gasteiger partial charge >= 0.3 is 0 Å². The van der Waals surface area contributed by atoms with E-state index in [1.54, 1.807) is 31.5 Å². The number of pyridine rings is 1. The SMILES string of the molecule is C/C=C/C=C/C(=O)NCc1cccnc1OC. The van der Waals surface area contributed by atoms with Gasteiger partial charge in [0.05, 0.1) is 7.11 Å². The number of ether oxygens (including phenoxy) is 1. The molecule has 0 bridgehead atoms. The van der Waals surface area contributed by atoms with Crippen LogP contribution >= 0.6 is 0 Å². The molecule has 0 saturated heterocycles. The van der Waals surface area contributed by atoms with E-state index < -0.39 is 0 Å². The van der Waals surface area contributed by atoms with Crippen molar-refractivity contribution in [3.05, 3.63) is 48.2 Å². The summed E-state index contributed by atoms with van der Waals surface area (Å²) in [5.41, 5.74) is 0.850. The van der Waals surface area contributed by atoms with Crippen LogP contribution in [0.2, 0.25) is 0 Å². The summed E-state index contributed by atoms with van der Waals surface area (Å²) in [7, 11) is 1.56. The highest BCUT2D eigenvalue weighted by Crippen LogP contribution is 2.12. The number of methoxy groups -OCH3 is 1. The van der Waals surface area contributed by atoms with E-state index in [1.165, 1.54) is 6.08 Å². The first kappa shape index (κ1) is 13.0. The lowest BCUT2D eigenvalue weighted by molar-refractivity contribution is -0.116. The largest absolute Gasteiger partial charge is 0.481 e. The van der Waals surface area contributed by atoms with Gasteiger partial charge in [0, 0.05) is 24.4 Å². The lowest BCUT2D eigenvalue weighted by Gasteiger charge is -2.06. The molecule has 4 heteroatoms. The van der Waals surface area contributed by atoms with Crippen molar-refractivity contribution in [2.45, 2.75) is 13.5 Å². The molecular formula is C13H16N2O2. The monoisotopic (exact) mass is 232 g/mol. The molecule has 0 aromatic carbocycles. The molecule has 0 saturated carbocycles. The average molecular weight is 232 g/mol. The van der Waals surface area contributed by atoms with Crippen molar-refractivity contribution in [3.8, 4) is 5.88 Å². The summed E-state index contributed by atoms with van der Waals surface area (Å²) in [4.78, 5) is 15.4. The predicted octanol–water partition coefficient (Wildman–Crippen LogP) is 1.84. The summed E-state index contributed by atoms with van der Waals surface area (Å²) >= 11 is 0. The van der Waals surface area contributed by atoms with Crippen molar-refractivity contribution in [1.29, 1.82) is 0 Å². The summed E-state index contributed by atoms with van der Waals surface area (Å²) < 4.78 is 5.08. The molecule has 1 amide bonds. The number of amides is 1. The first-order chi connectivity index (χ1) is 8.27. The van der Waals surface area contributed by atoms with Crippen LogP contribution in [0.1, 0.15) is 12.5 Å². The van der Waals surface area contributed by atoms with Gasteiger partial charge in [-0.25, -0.2) is 4.98 Å². The Morgan fingerprint density at radius 2 is 2.35 bits per heavy atom. The van der Waals surface area contributed by atoms with Crippen LogP contribution in [0, 0.1) is 0 Å². The third-order valence-corrected chi connectivity index (χ3v) is 2.05. The topological polar surface area (TPSA) is 51.2 Å². The van der Waals surface area contributed by atoms with Crippen LogP contribution in [-0.4, -0.2) is 18.0 Å². The second kappa shape index (κ2) is 7.22. The molecule has 0 radical (unpaired) electrons. The van der Waals surface area contributed by atoms with Crippen molar-refractivity contribution >= 4 is 5.91 Å². The maximum Gasteiger partial charge on any atom is 0.244 e. The zero-order valence-corrected chi connectivity index (χ0v) is 10.0. The van der Waals surface area contributed by atoms with Crippen LogP contribution in [0.3, 0.4) is 0 Å². The minimum atomic E-state index is -0.144. The van der Waals surface area contributed by atoms with E-state index in [0.29, 0.717) is 12.4 Å². The zero-order valence-electron chi connectivity index (χ0n) is 10.0. The molecule has 1 aromatic heterocycles. The number of rotatable bonds is 5. The number of carbonyl (C=O) groups excluding carboxylic acids is 1. The normalized spacial score (nSPS) is 10.9. The molecule has 1 rings (SSSR count). The predicted molar refractivity (Wildman–Crippen MR) is 66.6 cm³/mol. The fraction of sp³-hybridized carbons (Fsp3) is 0.231. The van der Waals surface area contributed by atoms with Gasteiger partial charge in [-0.2, -0.15) is 0 Å². The second-order valence-corrected chi connectivity index (χ2v) is 3.27. The maximum atomic E-state index is 11.4. The van der Waals surface area contributed by atoms with Crippen LogP contribution in [-0.2, 0) is 11.3 Å². The van der Waals surface area contributed by atoms with Crippen molar-refractivity contribution < 1.29 is 9.53 Å². The Bertz CT molecular complexity index is 425. The molecule has 0 atom stereocenters. The Morgan fingerprint density at radius 3 is 3.06 bits per heavy atom. The highest BCUT2D eigenvalue weighted by Gasteiger charge is 2.03. The third kappa shape index (κ3) is 4.51. The number of nitrogens with one attached hydrogen (secondary N) is 1. The van der Waals surface area contributed by atoms with Crippen molar-refractivity contribution in [1.82, 2.24) is 10.3 Å². The Hall–Kier alpha value is -2.10. The maximum absolute atomic E-state index is 11.4. The number of hydrogen-bond acceptors (Lipinski definition) is 3. The first-order valence-electron chi connectivity index (χ1n) is 5.33. The fourth-order valence-corrected chi connectivity index (χ4v) is 1.24. The number of allylic oxidation sites excluding steroid dienone is 3. The summed E-state index contributed by atoms with van der Waals surface area (Å²) in [6, 6.07) is 3.67. The minimum Gasteiger partial charge on any atom is -0.481 e. The van der Waals surface area contributed by atoms with Gasteiger partial charge in [-0.1, -0.05) is 24.3 Å². The van der Waals surface area contributed by atoms with E-state index in [4.69, 9.17) is 4.74 Å². The van der Waals surface area contributed by atoms with Gasteiger partial charge in [-0.15, -0.1) is 0 Å². The lowest BCUT2D eigenvalue weighted by Crippen LogP contribution is -2.20. The number of hydrogen-bond donors (Lipinski definition) is 1. The van der Waals surface area contributed by atoms with E-state index in [9.17, 15) is 4.79 Å². The van der Waals surface area contributed by atoms with Crippen LogP contribution < -0.4 is 10.1 Å². The Labute approximate surface area is 101 Å². The van der Waals surface area contributed by atoms with Crippen LogP contribution in [0.5, 0.6) is 5.88 Å². The molecule has 0 fully saturated rings. The van der Waals surface area contributed by atoms with Gasteiger partial charge in [0.1, 0.15) is 0 Å². The molecule has 17 heavy (non-hydrogen) atoms. The highest BCUT2D eigenvalue weighted by molar-refractivity contribution is 5.87. The highest BCUT2D eigenvalue weighted by atomic mass is 16.5. The molecule has 1 N–H and O–H groups in total. The quantitative estimate of drug-likeness (QED) is 0.622. The smallest absolute Gasteiger partial charge is 0.244 e. The minimum absolute atomic E-state index is 0.144. The van der Waals surface area contributed by atoms with Gasteiger partial charge in [0.2, 0.25) is 11.8 Å². The van der Waals surface area contributed by atoms with Crippen LogP contribution in [0.15, 0.2) is 42.6 Å². The van der Waals surface area contributed by atoms with E-state index in [1.807, 2.05) is 19.1 Å². The molecule has 1 aromatic rings. The van der Waals surface area contributed by atoms with Gasteiger partial charge in [0.15, 0.2) is 0 Å². The van der Waals surface area contributed by atoms with E-state index in [0.717, 1.165) is 5.56 Å². The standard InChI is InChI=1S/C13H16N2O2/c1-3-4-5-8-12(16)15-10-11-7-6-9-14-13(11)17-2/h3-9H,10H2,1-2H3,(H,15,16)/b4-3+,8-5+. The molecule has 4 nitrogen and oxygen atoms in total. The molecule has 0 aliphatic carbocycles. The molecule has 0 aliphatic heterocycles. The summed E-state index contributed by atoms with van der Waals surface area (Å²) in [6.07, 6.45) is 8.47. The van der Waals surface area contributed by atoms with Crippen molar-refractivity contribution in [2.75, 3.05) is 7.11 Å². The molecule has 90 valence electrons. The third-order valence-electron chi connectivity index (χ3n) is 2.05. The molecule has 0 aliphatic rings. The first-order valence-corrected chi connectivity index (χ1v) is 5.33. The van der Waals surface area contributed by atoms with Gasteiger partial charge in [-0.3, -0.25) is 4.79 Å². The van der Waals surface area contributed by atoms with E-state index in [2.05, 4.69) is 10.3 Å². The lowest BCUT2D eigenvalue weighted by atomic mass is 10.2. The van der Waals surface area contributed by atoms with Crippen LogP contribution in [0.25, 0.3) is 0 Å². The molecule has 1 heterocycles. The number of nitrogens with zero attached hydrogens (tertiary/aromatic N) is 1. The zero-order chi connectivity index (χ0) is 12.5. The molecule has 0 spiro atoms. The summed E-state index contributed by atoms with van der Waals surface area (Å²) in [6.45, 7) is 2.29. The summed E-state index contributed by atoms with van der Waals surface area (Å²) in [5.74, 6) is 0.388. The van der Waals surface area contributed by atoms with Crippen molar-refractivity contribution in [2.24, 2.45) is 0 Å². The van der Waals surface area contributed by atoms with Gasteiger partial charge in [0.25, 0.3) is 0 Å². The average Bonchev–Trinajstić information content (AvgIpc) is 2.37. The fourth-order valence-electron chi connectivity index (χ4n) is 1.24. The van der Waals surface area contributed by atoms with E-state index >= 15 is 0 Å². The van der Waals surface area contributed by atoms with Gasteiger partial charge in [-0.05, 0) is 13.0 Å². The Balaban J connectivity index is 2.52. The molecule has 0 unspecified atom stereocenters. The number of aromatic nitrogens is 1. The van der Waals surface area contributed by atoms with Crippen LogP contribution in [0.4, 0.5) is 0 Å². The summed E-state index contributed by atoms with van der Waals surface area (Å²) in [5, 5.41) is 2.75. The Morgan fingerprint density at radius 1 is 1.53 bits per heavy atom. The van der Waals surface area contributed by atoms with Crippen molar-refractivity contribution in [3.63, 3.8) is 0 Å². The van der Waals surface area contributed by atoms with E-state index in [-0.39, 0.29) is 5.91 Å². The molecular weight excluding hydrogens is 216 g/mol. The Kier molecular flexibility index (Phi) is 5.51. The van der Waals surface area contributed by atoms with Gasteiger partial charge < -0.3 is 10.1 Å².